The van der Waals surface area contributed by atoms with Gasteiger partial charge in [-0.25, -0.2) is 4.79 Å². The number of rotatable bonds is 1. The fourth-order valence-corrected chi connectivity index (χ4v) is 0. The smallest absolute Gasteiger partial charge is 0.475 e. The Kier molecular flexibility index (Phi) is 6.63. The predicted molar refractivity (Wildman–Crippen MR) is 36.2 cm³/mol. The van der Waals surface area contributed by atoms with Crippen LogP contribution in [-0.2, 0) is 4.79 Å². The Bertz CT molecular complexity index is 135. The maximum atomic E-state index is 10.6. The van der Waals surface area contributed by atoms with Gasteiger partial charge >= 0.3 is 12.1 Å². The van der Waals surface area contributed by atoms with Crippen molar-refractivity contribution in [2.45, 2.75) is 13.1 Å². The van der Waals surface area contributed by atoms with Gasteiger partial charge in [0, 0.05) is 13.6 Å². The number of alkyl halides is 3. The first-order chi connectivity index (χ1) is 5.21. The molecule has 0 atom stereocenters. The van der Waals surface area contributed by atoms with Gasteiger partial charge in [-0.15, -0.1) is 0 Å². The van der Waals surface area contributed by atoms with E-state index in [1.54, 1.807) is 5.01 Å². The molecule has 0 aliphatic heterocycles. The fourth-order valence-electron chi connectivity index (χ4n) is 0. The zero-order chi connectivity index (χ0) is 10.4. The van der Waals surface area contributed by atoms with Crippen LogP contribution in [0.15, 0.2) is 0 Å². The maximum Gasteiger partial charge on any atom is 0.490 e. The normalized spacial score (nSPS) is 10.6. The van der Waals surface area contributed by atoms with Gasteiger partial charge in [0.25, 0.3) is 0 Å². The molecular formula is C5H11F3N2O2. The Balaban J connectivity index is 0. The predicted octanol–water partition coefficient (Wildman–Crippen LogP) is 0.445. The van der Waals surface area contributed by atoms with E-state index in [2.05, 4.69) is 0 Å². The van der Waals surface area contributed by atoms with E-state index in [-0.39, 0.29) is 0 Å². The summed E-state index contributed by atoms with van der Waals surface area (Å²) < 4.78 is 31.7. The first-order valence-electron chi connectivity index (χ1n) is 2.97. The molecule has 0 radical (unpaired) electrons. The standard InChI is InChI=1S/C3H10N2.C2HF3O2/c1-3-5(2)4;3-2(4,5)1(6)7/h3-4H2,1-2H3;(H,6,7). The molecule has 0 heterocycles. The molecule has 7 heteroatoms. The van der Waals surface area contributed by atoms with Crippen molar-refractivity contribution < 1.29 is 23.1 Å². The Morgan fingerprint density at radius 3 is 1.75 bits per heavy atom. The van der Waals surface area contributed by atoms with Crippen LogP contribution in [0.3, 0.4) is 0 Å². The summed E-state index contributed by atoms with van der Waals surface area (Å²) in [5.41, 5.74) is 0. The number of hydrogen-bond donors (Lipinski definition) is 2. The minimum atomic E-state index is -5.08. The fraction of sp³-hybridized carbons (Fsp3) is 0.800. The molecule has 0 bridgehead atoms. The van der Waals surface area contributed by atoms with E-state index in [0.29, 0.717) is 0 Å². The van der Waals surface area contributed by atoms with Gasteiger partial charge in [0.2, 0.25) is 0 Å². The molecule has 74 valence electrons. The van der Waals surface area contributed by atoms with Crippen molar-refractivity contribution in [2.24, 2.45) is 5.84 Å². The molecular weight excluding hydrogens is 177 g/mol. The number of carboxylic acids is 1. The third kappa shape index (κ3) is 11.9. The SMILES string of the molecule is CCN(C)N.O=C(O)C(F)(F)F. The summed E-state index contributed by atoms with van der Waals surface area (Å²) in [6, 6.07) is 0. The van der Waals surface area contributed by atoms with E-state index in [1.165, 1.54) is 0 Å². The molecule has 0 aliphatic carbocycles. The molecule has 12 heavy (non-hydrogen) atoms. The van der Waals surface area contributed by atoms with Gasteiger partial charge in [0.1, 0.15) is 0 Å². The molecule has 0 rings (SSSR count). The van der Waals surface area contributed by atoms with Crippen LogP contribution in [0.25, 0.3) is 0 Å². The van der Waals surface area contributed by atoms with Crippen LogP contribution in [0.1, 0.15) is 6.92 Å². The van der Waals surface area contributed by atoms with Crippen LogP contribution < -0.4 is 5.84 Å². The highest BCUT2D eigenvalue weighted by Gasteiger charge is 2.38. The highest BCUT2D eigenvalue weighted by Crippen LogP contribution is 2.13. The first-order valence-corrected chi connectivity index (χ1v) is 2.97. The van der Waals surface area contributed by atoms with Crippen LogP contribution in [0, 0.1) is 0 Å². The Morgan fingerprint density at radius 2 is 1.75 bits per heavy atom. The van der Waals surface area contributed by atoms with Crippen molar-refractivity contribution in [2.75, 3.05) is 13.6 Å². The quantitative estimate of drug-likeness (QED) is 0.463. The molecule has 3 N–H and O–H groups in total. The van der Waals surface area contributed by atoms with E-state index in [1.807, 2.05) is 14.0 Å². The number of hydrazine groups is 1. The van der Waals surface area contributed by atoms with Crippen LogP contribution >= 0.6 is 0 Å². The summed E-state index contributed by atoms with van der Waals surface area (Å²) >= 11 is 0. The summed E-state index contributed by atoms with van der Waals surface area (Å²) in [5.74, 6) is 2.37. The van der Waals surface area contributed by atoms with Crippen LogP contribution in [0.2, 0.25) is 0 Å². The van der Waals surface area contributed by atoms with Crippen LogP contribution in [0.5, 0.6) is 0 Å². The summed E-state index contributed by atoms with van der Waals surface area (Å²) in [7, 11) is 1.83. The summed E-state index contributed by atoms with van der Waals surface area (Å²) in [4.78, 5) is 8.90. The minimum Gasteiger partial charge on any atom is -0.475 e. The van der Waals surface area contributed by atoms with E-state index < -0.39 is 12.1 Å². The van der Waals surface area contributed by atoms with E-state index in [4.69, 9.17) is 15.7 Å². The number of hydrogen-bond acceptors (Lipinski definition) is 3. The zero-order valence-electron chi connectivity index (χ0n) is 6.72. The van der Waals surface area contributed by atoms with Gasteiger partial charge in [0.15, 0.2) is 0 Å². The second-order valence-electron chi connectivity index (χ2n) is 1.88. The Labute approximate surface area is 67.7 Å². The van der Waals surface area contributed by atoms with Crippen molar-refractivity contribution >= 4 is 5.97 Å². The lowest BCUT2D eigenvalue weighted by Gasteiger charge is -2.00. The summed E-state index contributed by atoms with van der Waals surface area (Å²) in [5, 5.41) is 8.75. The highest BCUT2D eigenvalue weighted by molar-refractivity contribution is 5.73. The average molecular weight is 188 g/mol. The molecule has 0 amide bonds. The van der Waals surface area contributed by atoms with Gasteiger partial charge in [-0.3, -0.25) is 10.9 Å². The number of halogens is 3. The topological polar surface area (TPSA) is 66.6 Å². The largest absolute Gasteiger partial charge is 0.490 e. The highest BCUT2D eigenvalue weighted by atomic mass is 19.4. The first kappa shape index (κ1) is 13.7. The number of carboxylic acid groups (broad SMARTS) is 1. The zero-order valence-corrected chi connectivity index (χ0v) is 6.72. The second-order valence-corrected chi connectivity index (χ2v) is 1.88. The van der Waals surface area contributed by atoms with E-state index >= 15 is 0 Å². The third-order valence-electron chi connectivity index (χ3n) is 0.741. The number of aliphatic carboxylic acids is 1. The third-order valence-corrected chi connectivity index (χ3v) is 0.741. The lowest BCUT2D eigenvalue weighted by Crippen LogP contribution is -2.24. The van der Waals surface area contributed by atoms with Gasteiger partial charge < -0.3 is 5.11 Å². The Morgan fingerprint density at radius 1 is 1.58 bits per heavy atom. The van der Waals surface area contributed by atoms with E-state index in [9.17, 15) is 13.2 Å². The summed E-state index contributed by atoms with van der Waals surface area (Å²) in [6.07, 6.45) is -5.08. The number of nitrogens with zero attached hydrogens (tertiary/aromatic N) is 1. The van der Waals surface area contributed by atoms with Crippen molar-refractivity contribution in [3.8, 4) is 0 Å². The molecule has 0 saturated carbocycles. The minimum absolute atomic E-state index is 0.917. The maximum absolute atomic E-state index is 10.6. The molecule has 0 aromatic carbocycles. The Hall–Kier alpha value is -0.820. The van der Waals surface area contributed by atoms with Crippen molar-refractivity contribution in [3.63, 3.8) is 0 Å². The van der Waals surface area contributed by atoms with E-state index in [0.717, 1.165) is 6.54 Å². The number of nitrogens with two attached hydrogens (primary N) is 1. The molecule has 0 aromatic rings. The molecule has 0 fully saturated rings. The van der Waals surface area contributed by atoms with Crippen LogP contribution in [0.4, 0.5) is 13.2 Å². The summed E-state index contributed by atoms with van der Waals surface area (Å²) in [6.45, 7) is 2.92. The second kappa shape index (κ2) is 5.78. The van der Waals surface area contributed by atoms with Crippen molar-refractivity contribution in [3.05, 3.63) is 0 Å². The molecule has 0 spiro atoms. The average Bonchev–Trinajstić information content (AvgIpc) is 1.87. The van der Waals surface area contributed by atoms with Crippen molar-refractivity contribution in [1.29, 1.82) is 0 Å². The van der Waals surface area contributed by atoms with Gasteiger partial charge in [-0.2, -0.15) is 13.2 Å². The molecule has 0 unspecified atom stereocenters. The van der Waals surface area contributed by atoms with Gasteiger partial charge in [-0.05, 0) is 0 Å². The van der Waals surface area contributed by atoms with Gasteiger partial charge in [-0.1, -0.05) is 6.92 Å². The molecule has 0 aliphatic rings. The van der Waals surface area contributed by atoms with Gasteiger partial charge in [0.05, 0.1) is 0 Å². The monoisotopic (exact) mass is 188 g/mol. The lowest BCUT2D eigenvalue weighted by atomic mass is 10.7. The van der Waals surface area contributed by atoms with Crippen LogP contribution in [-0.4, -0.2) is 35.9 Å². The molecule has 0 aromatic heterocycles. The lowest BCUT2D eigenvalue weighted by molar-refractivity contribution is -0.192. The van der Waals surface area contributed by atoms with Crippen molar-refractivity contribution in [1.82, 2.24) is 5.01 Å². The molecule has 4 nitrogen and oxygen atoms in total. The number of carbonyl (C=O) groups is 1. The molecule has 0 saturated heterocycles.